The minimum atomic E-state index is -0.474. The van der Waals surface area contributed by atoms with Crippen LogP contribution in [0, 0.1) is 11.8 Å². The smallest absolute Gasteiger partial charge is 0.250 e. The van der Waals surface area contributed by atoms with Crippen molar-refractivity contribution in [2.75, 3.05) is 11.9 Å². The van der Waals surface area contributed by atoms with Gasteiger partial charge in [-0.15, -0.1) is 0 Å². The summed E-state index contributed by atoms with van der Waals surface area (Å²) in [7, 11) is 0. The van der Waals surface area contributed by atoms with Gasteiger partial charge < -0.3 is 10.4 Å². The van der Waals surface area contributed by atoms with Gasteiger partial charge in [-0.2, -0.15) is 5.10 Å². The number of hydrogen-bond acceptors (Lipinski definition) is 6. The van der Waals surface area contributed by atoms with Crippen LogP contribution in [0.25, 0.3) is 0 Å². The monoisotopic (exact) mass is 277 g/mol. The van der Waals surface area contributed by atoms with E-state index in [0.717, 1.165) is 0 Å². The highest BCUT2D eigenvalue weighted by Crippen LogP contribution is 2.18. The van der Waals surface area contributed by atoms with Crippen molar-refractivity contribution < 1.29 is 9.90 Å². The average molecular weight is 277 g/mol. The molecule has 7 nitrogen and oxygen atoms in total. The molecule has 2 N–H and O–H groups in total. The van der Waals surface area contributed by atoms with E-state index < -0.39 is 6.04 Å². The molecule has 1 unspecified atom stereocenters. The number of aliphatic hydroxyl groups excluding tert-OH is 1. The van der Waals surface area contributed by atoms with E-state index in [2.05, 4.69) is 32.2 Å². The molecule has 0 aliphatic carbocycles. The van der Waals surface area contributed by atoms with E-state index in [0.29, 0.717) is 10.0 Å². The van der Waals surface area contributed by atoms with Crippen molar-refractivity contribution in [1.82, 2.24) is 19.7 Å². The minimum Gasteiger partial charge on any atom is -0.384 e. The maximum absolute atomic E-state index is 11.9. The highest BCUT2D eigenvalue weighted by molar-refractivity contribution is 7.16. The van der Waals surface area contributed by atoms with Crippen molar-refractivity contribution in [3.05, 3.63) is 23.7 Å². The lowest BCUT2D eigenvalue weighted by atomic mass is 10.3. The zero-order valence-corrected chi connectivity index (χ0v) is 10.9. The van der Waals surface area contributed by atoms with E-state index in [-0.39, 0.29) is 12.5 Å². The van der Waals surface area contributed by atoms with E-state index in [1.807, 2.05) is 0 Å². The van der Waals surface area contributed by atoms with Crippen LogP contribution in [0.2, 0.25) is 0 Å². The molecular weight excluding hydrogens is 266 g/mol. The summed E-state index contributed by atoms with van der Waals surface area (Å²) in [6.45, 7) is 1.51. The van der Waals surface area contributed by atoms with Gasteiger partial charge in [0.2, 0.25) is 0 Å². The third-order valence-electron chi connectivity index (χ3n) is 2.24. The number of nitrogens with zero attached hydrogens (tertiary/aromatic N) is 4. The number of aromatic nitrogens is 4. The molecule has 0 aliphatic rings. The molecule has 1 amide bonds. The number of nitrogens with one attached hydrogen (secondary N) is 1. The summed E-state index contributed by atoms with van der Waals surface area (Å²) < 4.78 is 1.45. The van der Waals surface area contributed by atoms with Crippen LogP contribution in [0.15, 0.2) is 18.9 Å². The van der Waals surface area contributed by atoms with Gasteiger partial charge in [0.15, 0.2) is 5.13 Å². The normalized spacial score (nSPS) is 11.5. The number of amides is 1. The van der Waals surface area contributed by atoms with E-state index >= 15 is 0 Å². The minimum absolute atomic E-state index is 0.205. The molecule has 2 aromatic heterocycles. The van der Waals surface area contributed by atoms with Crippen LogP contribution in [0.3, 0.4) is 0 Å². The molecule has 0 aromatic carbocycles. The molecular formula is C11H11N5O2S. The number of carbonyl (C=O) groups excluding carboxylic acids is 1. The molecule has 0 fully saturated rings. The highest BCUT2D eigenvalue weighted by atomic mass is 32.1. The van der Waals surface area contributed by atoms with E-state index in [1.165, 1.54) is 28.7 Å². The third kappa shape index (κ3) is 3.37. The van der Waals surface area contributed by atoms with Crippen LogP contribution in [0.4, 0.5) is 5.13 Å². The Bertz CT molecular complexity index is 611. The first-order valence-corrected chi connectivity index (χ1v) is 6.23. The SMILES string of the molecule is CC(C(=O)Nc1ncc(C#CCO)s1)n1cncn1. The van der Waals surface area contributed by atoms with Gasteiger partial charge in [0.25, 0.3) is 5.91 Å². The Kier molecular flexibility index (Phi) is 4.22. The fraction of sp³-hybridized carbons (Fsp3) is 0.273. The van der Waals surface area contributed by atoms with Crippen LogP contribution in [-0.4, -0.2) is 37.4 Å². The summed E-state index contributed by atoms with van der Waals surface area (Å²) in [5.74, 6) is 5.00. The summed E-state index contributed by atoms with van der Waals surface area (Å²) in [6, 6.07) is -0.474. The van der Waals surface area contributed by atoms with Gasteiger partial charge in [-0.05, 0) is 6.92 Å². The number of hydrogen-bond donors (Lipinski definition) is 2. The molecule has 98 valence electrons. The molecule has 0 aliphatic heterocycles. The first-order chi connectivity index (χ1) is 9.20. The third-order valence-corrected chi connectivity index (χ3v) is 3.07. The highest BCUT2D eigenvalue weighted by Gasteiger charge is 2.16. The lowest BCUT2D eigenvalue weighted by Gasteiger charge is -2.09. The summed E-state index contributed by atoms with van der Waals surface area (Å²) in [5.41, 5.74) is 0. The molecule has 8 heteroatoms. The molecule has 19 heavy (non-hydrogen) atoms. The Hall–Kier alpha value is -2.24. The maximum atomic E-state index is 11.9. The van der Waals surface area contributed by atoms with Crippen LogP contribution in [0.1, 0.15) is 17.8 Å². The number of anilines is 1. The standard InChI is InChI=1S/C11H11N5O2S/c1-8(16-7-12-6-14-16)10(18)15-11-13-5-9(19-11)3-2-4-17/h5-8,17H,4H2,1H3,(H,13,15,18). The number of rotatable bonds is 3. The Labute approximate surface area is 113 Å². The largest absolute Gasteiger partial charge is 0.384 e. The zero-order valence-electron chi connectivity index (χ0n) is 10.1. The van der Waals surface area contributed by atoms with Gasteiger partial charge in [-0.1, -0.05) is 23.2 Å². The van der Waals surface area contributed by atoms with Gasteiger partial charge in [0.05, 0.1) is 11.1 Å². The second-order valence-electron chi connectivity index (χ2n) is 3.53. The second-order valence-corrected chi connectivity index (χ2v) is 4.56. The second kappa shape index (κ2) is 6.08. The van der Waals surface area contributed by atoms with Gasteiger partial charge in [-0.25, -0.2) is 14.6 Å². The van der Waals surface area contributed by atoms with Gasteiger partial charge in [0.1, 0.15) is 25.3 Å². The zero-order chi connectivity index (χ0) is 13.7. The molecule has 0 bridgehead atoms. The van der Waals surface area contributed by atoms with E-state index in [4.69, 9.17) is 5.11 Å². The molecule has 0 saturated heterocycles. The predicted molar refractivity (Wildman–Crippen MR) is 69.4 cm³/mol. The Morgan fingerprint density at radius 1 is 1.68 bits per heavy atom. The van der Waals surface area contributed by atoms with Crippen molar-refractivity contribution >= 4 is 22.4 Å². The molecule has 0 spiro atoms. The van der Waals surface area contributed by atoms with Crippen molar-refractivity contribution in [3.63, 3.8) is 0 Å². The number of aliphatic hydroxyl groups is 1. The summed E-state index contributed by atoms with van der Waals surface area (Å²) >= 11 is 1.24. The van der Waals surface area contributed by atoms with Crippen molar-refractivity contribution in [1.29, 1.82) is 0 Å². The maximum Gasteiger partial charge on any atom is 0.250 e. The van der Waals surface area contributed by atoms with Crippen LogP contribution in [0.5, 0.6) is 0 Å². The Morgan fingerprint density at radius 3 is 3.21 bits per heavy atom. The fourth-order valence-electron chi connectivity index (χ4n) is 1.26. The van der Waals surface area contributed by atoms with E-state index in [9.17, 15) is 4.79 Å². The van der Waals surface area contributed by atoms with E-state index in [1.54, 1.807) is 13.1 Å². The van der Waals surface area contributed by atoms with Crippen molar-refractivity contribution in [2.24, 2.45) is 0 Å². The Morgan fingerprint density at radius 2 is 2.53 bits per heavy atom. The molecule has 2 heterocycles. The molecule has 1 atom stereocenters. The lowest BCUT2D eigenvalue weighted by Crippen LogP contribution is -2.23. The van der Waals surface area contributed by atoms with Gasteiger partial charge in [-0.3, -0.25) is 4.79 Å². The molecule has 0 saturated carbocycles. The van der Waals surface area contributed by atoms with Crippen molar-refractivity contribution in [2.45, 2.75) is 13.0 Å². The summed E-state index contributed by atoms with van der Waals surface area (Å²) in [4.78, 5) is 20.4. The number of carbonyl (C=O) groups is 1. The number of thiazole rings is 1. The lowest BCUT2D eigenvalue weighted by molar-refractivity contribution is -0.119. The molecule has 0 radical (unpaired) electrons. The van der Waals surface area contributed by atoms with Gasteiger partial charge >= 0.3 is 0 Å². The first kappa shape index (κ1) is 13.2. The molecule has 2 rings (SSSR count). The first-order valence-electron chi connectivity index (χ1n) is 5.41. The van der Waals surface area contributed by atoms with Gasteiger partial charge in [0, 0.05) is 0 Å². The van der Waals surface area contributed by atoms with Crippen LogP contribution >= 0.6 is 11.3 Å². The summed E-state index contributed by atoms with van der Waals surface area (Å²) in [6.07, 6.45) is 4.39. The van der Waals surface area contributed by atoms with Crippen molar-refractivity contribution in [3.8, 4) is 11.8 Å². The topological polar surface area (TPSA) is 92.9 Å². The predicted octanol–water partition coefficient (Wildman–Crippen LogP) is 0.278. The fourth-order valence-corrected chi connectivity index (χ4v) is 1.96. The Balaban J connectivity index is 2.01. The summed E-state index contributed by atoms with van der Waals surface area (Å²) in [5, 5.41) is 15.6. The molecule has 2 aromatic rings. The average Bonchev–Trinajstić information content (AvgIpc) is 3.06. The quantitative estimate of drug-likeness (QED) is 0.786. The van der Waals surface area contributed by atoms with Crippen LogP contribution in [-0.2, 0) is 4.79 Å². The van der Waals surface area contributed by atoms with Crippen LogP contribution < -0.4 is 5.32 Å².